The Morgan fingerprint density at radius 1 is 0.403 bits per heavy atom. The fraction of sp³-hybridized carbons (Fsp3) is 0.604. The van der Waals surface area contributed by atoms with E-state index in [-0.39, 0.29) is 47.8 Å². The molecule has 13 fully saturated rings. The van der Waals surface area contributed by atoms with Crippen LogP contribution in [0.25, 0.3) is 0 Å². The summed E-state index contributed by atoms with van der Waals surface area (Å²) in [5, 5.41) is 71.3. The van der Waals surface area contributed by atoms with Crippen molar-refractivity contribution in [2.24, 2.45) is 11.8 Å². The molecule has 690 valence electrons. The van der Waals surface area contributed by atoms with Gasteiger partial charge in [-0.2, -0.15) is 0 Å². The zero-order valence-electron chi connectivity index (χ0n) is 76.1. The molecule has 12 amide bonds. The maximum atomic E-state index is 12.9. The van der Waals surface area contributed by atoms with Crippen LogP contribution < -0.4 is 61.5 Å². The molecule has 12 N–H and O–H groups in total. The molecule has 8 bridgehead atoms. The Morgan fingerprint density at radius 2 is 0.721 bits per heavy atom. The summed E-state index contributed by atoms with van der Waals surface area (Å²) in [6, 6.07) is 33.3. The second kappa shape index (κ2) is 32.7. The van der Waals surface area contributed by atoms with Gasteiger partial charge in [0.2, 0.25) is 0 Å². The van der Waals surface area contributed by atoms with Crippen LogP contribution >= 0.6 is 0 Å². The molecule has 5 saturated carbocycles. The summed E-state index contributed by atoms with van der Waals surface area (Å²) in [6.07, 6.45) is 22.3. The van der Waals surface area contributed by atoms with Crippen molar-refractivity contribution in [1.29, 1.82) is 0 Å². The van der Waals surface area contributed by atoms with Gasteiger partial charge in [-0.25, -0.2) is 19.2 Å². The molecule has 0 unspecified atom stereocenters. The van der Waals surface area contributed by atoms with Crippen LogP contribution in [0.5, 0.6) is 23.0 Å². The number of amides is 12. The molecule has 9 aliphatic carbocycles. The van der Waals surface area contributed by atoms with Crippen LogP contribution in [0.3, 0.4) is 0 Å². The fourth-order valence-electron chi connectivity index (χ4n) is 28.7. The van der Waals surface area contributed by atoms with E-state index in [4.69, 9.17) is 18.9 Å². The highest BCUT2D eigenvalue weighted by Crippen LogP contribution is 2.66. The van der Waals surface area contributed by atoms with E-state index >= 15 is 0 Å². The van der Waals surface area contributed by atoms with Crippen molar-refractivity contribution in [3.63, 3.8) is 0 Å². The van der Waals surface area contributed by atoms with E-state index in [1.165, 1.54) is 65.5 Å². The first-order chi connectivity index (χ1) is 61.7. The minimum Gasteiger partial charge on any atom is -0.497 e. The molecule has 28 nitrogen and oxygen atoms in total. The lowest BCUT2D eigenvalue weighted by atomic mass is 9.46. The van der Waals surface area contributed by atoms with Crippen molar-refractivity contribution in [3.8, 4) is 23.0 Å². The standard InChI is InChI=1S/C27H31N3O4.C26H35N3O4.C24H33N3O4.C24H31N3O4/c1-34-20-8-7-19-15-22-27(33)11-10-26(23(31)28-24(32)29-26)17-25(27,21(19)16-20)12-14-30(22)13-9-18-5-3-2-4-6-18;1-33-19-8-7-18-13-21-26(32)10-9-25(22(30)27-23(31)28-25)16-24(26,20(18)14-19)11-12-29(21)15-17-5-3-2-4-6-17;2*1-15(2)6-10-27-11-9-22-14-23(20(28)25-21(29)26-23)7-8-24(22,30)19(27)12-16-4-5-17(31-3)13-18(16)22/h2-8,16,22,33H,9-15,17H2,1H3,(H2,28,29,31,32);7-8,14,17,21,32H,2-6,9-13,15-16H2,1H3,(H2,27,28,30,31);4-5,13,15,19,30H,6-12,14H2,1-3H3,(H2,25,26,28,29);4-6,13,19,30H,7-12,14H2,1-3H3,(H2,25,26,28,29)/t22-,25-,26+,27-;21-,24-,25+,26-;2*19-,22-,23+,24-/m1111/s1. The summed E-state index contributed by atoms with van der Waals surface area (Å²) in [4.78, 5) is 110. The van der Waals surface area contributed by atoms with Gasteiger partial charge in [0.05, 0.1) is 50.8 Å². The number of imide groups is 4. The van der Waals surface area contributed by atoms with Gasteiger partial charge in [0.1, 0.15) is 45.2 Å². The number of carbonyl (C=O) groups excluding carboxylic acids is 8. The van der Waals surface area contributed by atoms with Gasteiger partial charge in [0, 0.05) is 65.5 Å². The largest absolute Gasteiger partial charge is 0.497 e. The molecule has 0 radical (unpaired) electrons. The number of nitrogens with zero attached hydrogens (tertiary/aromatic N) is 4. The third kappa shape index (κ3) is 14.1. The molecule has 16 atom stereocenters. The van der Waals surface area contributed by atoms with Crippen LogP contribution in [0.1, 0.15) is 219 Å². The number of rotatable bonds is 14. The normalized spacial score (nSPS) is 36.4. The van der Waals surface area contributed by atoms with Crippen molar-refractivity contribution < 1.29 is 77.7 Å². The number of piperidine rings is 4. The first kappa shape index (κ1) is 88.7. The average Bonchev–Trinajstić information content (AvgIpc) is 1.58. The predicted octanol–water partition coefficient (Wildman–Crippen LogP) is 9.06. The number of likely N-dealkylation sites (tertiary alicyclic amines) is 4. The first-order valence-electron chi connectivity index (χ1n) is 47.5. The van der Waals surface area contributed by atoms with Crippen LogP contribution in [0.2, 0.25) is 0 Å². The summed E-state index contributed by atoms with van der Waals surface area (Å²) in [7, 11) is 6.61. The zero-order chi connectivity index (χ0) is 90.4. The summed E-state index contributed by atoms with van der Waals surface area (Å²) in [6.45, 7) is 15.8. The van der Waals surface area contributed by atoms with E-state index in [1.54, 1.807) is 28.4 Å². The number of benzene rings is 5. The molecule has 4 spiro atoms. The number of allylic oxidation sites excluding steroid dienone is 1. The number of aliphatic hydroxyl groups is 4. The van der Waals surface area contributed by atoms with E-state index in [2.05, 4.69) is 151 Å². The third-order valence-electron chi connectivity index (χ3n) is 35.2. The van der Waals surface area contributed by atoms with E-state index in [0.29, 0.717) is 88.9 Å². The lowest BCUT2D eigenvalue weighted by molar-refractivity contribution is -0.182. The predicted molar refractivity (Wildman–Crippen MR) is 482 cm³/mol. The lowest BCUT2D eigenvalue weighted by Crippen LogP contribution is -2.76. The molecule has 5 aromatic carbocycles. The Bertz CT molecular complexity index is 5350. The zero-order valence-corrected chi connectivity index (χ0v) is 76.1. The number of hydrogen-bond donors (Lipinski definition) is 12. The molecule has 28 heteroatoms. The van der Waals surface area contributed by atoms with Crippen molar-refractivity contribution in [2.75, 3.05) is 80.8 Å². The number of hydrogen-bond acceptors (Lipinski definition) is 20. The van der Waals surface area contributed by atoms with Gasteiger partial charge in [-0.15, -0.1) is 0 Å². The monoisotopic (exact) mass is 1770 g/mol. The van der Waals surface area contributed by atoms with Gasteiger partial charge in [0.15, 0.2) is 0 Å². The van der Waals surface area contributed by atoms with Crippen LogP contribution in [0, 0.1) is 11.8 Å². The second-order valence-corrected chi connectivity index (χ2v) is 41.9. The molecule has 8 aliphatic heterocycles. The fourth-order valence-corrected chi connectivity index (χ4v) is 28.7. The van der Waals surface area contributed by atoms with Crippen LogP contribution in [0.4, 0.5) is 19.2 Å². The molecule has 0 aromatic heterocycles. The number of nitrogens with one attached hydrogen (secondary N) is 8. The lowest BCUT2D eigenvalue weighted by Gasteiger charge is -2.66. The van der Waals surface area contributed by atoms with Gasteiger partial charge in [-0.05, 0) is 311 Å². The average molecular weight is 1770 g/mol. The van der Waals surface area contributed by atoms with E-state index < -0.39 is 90.3 Å². The van der Waals surface area contributed by atoms with E-state index in [9.17, 15) is 58.8 Å². The minimum atomic E-state index is -0.986. The van der Waals surface area contributed by atoms with Gasteiger partial charge >= 0.3 is 24.1 Å². The topological polar surface area (TPSA) is 364 Å². The molecular weight excluding hydrogens is 1640 g/mol. The Balaban J connectivity index is 0.000000112. The van der Waals surface area contributed by atoms with Gasteiger partial charge < -0.3 is 60.6 Å². The number of fused-ring (bicyclic) bond motifs is 4. The van der Waals surface area contributed by atoms with E-state index in [0.717, 1.165) is 162 Å². The van der Waals surface area contributed by atoms with Crippen LogP contribution in [-0.2, 0) is 72.9 Å². The van der Waals surface area contributed by atoms with Crippen LogP contribution in [-0.4, -0.2) is 237 Å². The molecule has 8 heterocycles. The number of urea groups is 4. The highest BCUT2D eigenvalue weighted by Gasteiger charge is 2.75. The molecule has 129 heavy (non-hydrogen) atoms. The molecule has 22 rings (SSSR count). The number of ether oxygens (including phenoxy) is 4. The Morgan fingerprint density at radius 3 is 1.04 bits per heavy atom. The summed E-state index contributed by atoms with van der Waals surface area (Å²) < 4.78 is 22.2. The smallest absolute Gasteiger partial charge is 0.322 e. The van der Waals surface area contributed by atoms with E-state index in [1.807, 2.05) is 48.5 Å². The quantitative estimate of drug-likeness (QED) is 0.0364. The van der Waals surface area contributed by atoms with Crippen molar-refractivity contribution in [1.82, 2.24) is 62.1 Å². The second-order valence-electron chi connectivity index (χ2n) is 41.9. The van der Waals surface area contributed by atoms with Crippen molar-refractivity contribution in [3.05, 3.63) is 165 Å². The first-order valence-corrected chi connectivity index (χ1v) is 47.5. The maximum Gasteiger partial charge on any atom is 0.322 e. The summed E-state index contributed by atoms with van der Waals surface area (Å²) in [5.74, 6) is 3.29. The Kier molecular flexibility index (Phi) is 22.5. The van der Waals surface area contributed by atoms with Crippen molar-refractivity contribution >= 4 is 47.8 Å². The number of carbonyl (C=O) groups is 8. The van der Waals surface area contributed by atoms with Crippen molar-refractivity contribution in [2.45, 2.75) is 291 Å². The van der Waals surface area contributed by atoms with Gasteiger partial charge in [-0.3, -0.25) is 60.0 Å². The molecule has 5 aromatic rings. The Labute approximate surface area is 755 Å². The maximum absolute atomic E-state index is 12.9. The third-order valence-corrected chi connectivity index (χ3v) is 35.2. The summed E-state index contributed by atoms with van der Waals surface area (Å²) >= 11 is 0. The van der Waals surface area contributed by atoms with Gasteiger partial charge in [-0.1, -0.05) is 99.4 Å². The van der Waals surface area contributed by atoms with Gasteiger partial charge in [0.25, 0.3) is 23.6 Å². The minimum absolute atomic E-state index is 0.0124. The molecule has 8 saturated heterocycles. The number of methoxy groups -OCH3 is 4. The van der Waals surface area contributed by atoms with Crippen LogP contribution in [0.15, 0.2) is 115 Å². The highest BCUT2D eigenvalue weighted by atomic mass is 16.5. The SMILES string of the molecule is COc1ccc2c(c1)[C@]13CCN(CC4CCCCC4)[C@H](C2)[C@]1(O)CC[C@@]1(C3)NC(=O)NC1=O.COc1ccc2c(c1)[C@]13CCN(CC=C(C)C)[C@H](C2)[C@]1(O)CC[C@@]1(C3)NC(=O)NC1=O.COc1ccc2c(c1)[C@]13CCN(CCC(C)C)[C@H](C2)[C@]1(O)CC[C@@]1(C3)NC(=O)NC1=O.COc1ccc2c(c1)[C@]13CCN(CCc4ccccc4)[C@H](C2)[C@]1(O)CC[C@@]1(C3)NC(=O)NC1=O. The summed E-state index contributed by atoms with van der Waals surface area (Å²) in [5.41, 5.74) is 1.62. The Hall–Kier alpha value is -9.52. The molecular formula is C101H130N12O16. The molecule has 17 aliphatic rings. The highest BCUT2D eigenvalue weighted by molar-refractivity contribution is 6.09.